The molecular weight excluding hydrogens is 307 g/mol. The SMILES string of the molecule is C[C@@H]1CN(c2cc(-c3ccc(F)cc3)nc3ccnn23)C[C@H](C)O1. The van der Waals surface area contributed by atoms with Crippen LogP contribution >= 0.6 is 0 Å². The molecule has 0 aliphatic carbocycles. The van der Waals surface area contributed by atoms with Crippen molar-refractivity contribution in [1.82, 2.24) is 14.6 Å². The number of benzene rings is 1. The highest BCUT2D eigenvalue weighted by molar-refractivity contribution is 5.67. The van der Waals surface area contributed by atoms with E-state index in [1.807, 2.05) is 16.6 Å². The molecule has 2 atom stereocenters. The molecule has 0 bridgehead atoms. The second-order valence-corrected chi connectivity index (χ2v) is 6.27. The van der Waals surface area contributed by atoms with Crippen LogP contribution in [0, 0.1) is 5.82 Å². The second-order valence-electron chi connectivity index (χ2n) is 6.27. The van der Waals surface area contributed by atoms with Crippen molar-refractivity contribution in [2.45, 2.75) is 26.1 Å². The maximum atomic E-state index is 13.2. The zero-order valence-corrected chi connectivity index (χ0v) is 13.7. The van der Waals surface area contributed by atoms with Crippen molar-refractivity contribution < 1.29 is 9.13 Å². The quantitative estimate of drug-likeness (QED) is 0.725. The first kappa shape index (κ1) is 15.1. The van der Waals surface area contributed by atoms with E-state index in [0.717, 1.165) is 35.8 Å². The fourth-order valence-electron chi connectivity index (χ4n) is 3.26. The lowest BCUT2D eigenvalue weighted by atomic mass is 10.1. The van der Waals surface area contributed by atoms with E-state index in [1.54, 1.807) is 18.3 Å². The molecule has 0 spiro atoms. The Morgan fingerprint density at radius 2 is 1.79 bits per heavy atom. The number of hydrogen-bond donors (Lipinski definition) is 0. The highest BCUT2D eigenvalue weighted by Crippen LogP contribution is 2.26. The van der Waals surface area contributed by atoms with E-state index in [2.05, 4.69) is 28.8 Å². The van der Waals surface area contributed by atoms with Gasteiger partial charge in [0.2, 0.25) is 0 Å². The molecule has 124 valence electrons. The van der Waals surface area contributed by atoms with Crippen LogP contribution in [0.15, 0.2) is 42.6 Å². The first-order valence-electron chi connectivity index (χ1n) is 8.11. The van der Waals surface area contributed by atoms with Crippen molar-refractivity contribution >= 4 is 11.5 Å². The number of aromatic nitrogens is 3. The molecule has 0 unspecified atom stereocenters. The van der Waals surface area contributed by atoms with Crippen molar-refractivity contribution in [3.05, 3.63) is 48.4 Å². The largest absolute Gasteiger partial charge is 0.372 e. The lowest BCUT2D eigenvalue weighted by molar-refractivity contribution is -0.00557. The third kappa shape index (κ3) is 2.73. The molecule has 1 aliphatic heterocycles. The Labute approximate surface area is 139 Å². The fourth-order valence-corrected chi connectivity index (χ4v) is 3.26. The Hall–Kier alpha value is -2.47. The van der Waals surface area contributed by atoms with Crippen LogP contribution in [0.2, 0.25) is 0 Å². The summed E-state index contributed by atoms with van der Waals surface area (Å²) in [5, 5.41) is 4.40. The number of halogens is 1. The van der Waals surface area contributed by atoms with E-state index in [1.165, 1.54) is 12.1 Å². The molecule has 0 saturated carbocycles. The average molecular weight is 326 g/mol. The van der Waals surface area contributed by atoms with Crippen LogP contribution in [0.25, 0.3) is 16.9 Å². The maximum absolute atomic E-state index is 13.2. The number of nitrogens with zero attached hydrogens (tertiary/aromatic N) is 4. The molecule has 5 nitrogen and oxygen atoms in total. The van der Waals surface area contributed by atoms with E-state index < -0.39 is 0 Å². The van der Waals surface area contributed by atoms with Gasteiger partial charge in [0, 0.05) is 30.8 Å². The Morgan fingerprint density at radius 1 is 1.08 bits per heavy atom. The Kier molecular flexibility index (Phi) is 3.69. The molecule has 3 heterocycles. The van der Waals surface area contributed by atoms with Crippen molar-refractivity contribution in [3.63, 3.8) is 0 Å². The number of hydrogen-bond acceptors (Lipinski definition) is 4. The summed E-state index contributed by atoms with van der Waals surface area (Å²) >= 11 is 0. The first-order chi connectivity index (χ1) is 11.6. The van der Waals surface area contributed by atoms with Crippen LogP contribution in [0.5, 0.6) is 0 Å². The summed E-state index contributed by atoms with van der Waals surface area (Å²) in [5.74, 6) is 0.728. The van der Waals surface area contributed by atoms with Gasteiger partial charge in [0.15, 0.2) is 5.65 Å². The standard InChI is InChI=1S/C18H19FN4O/c1-12-10-22(11-13(2)24-12)18-9-16(14-3-5-15(19)6-4-14)21-17-7-8-20-23(17)18/h3-9,12-13H,10-11H2,1-2H3/t12-,13+. The third-order valence-corrected chi connectivity index (χ3v) is 4.22. The zero-order chi connectivity index (χ0) is 16.7. The summed E-state index contributed by atoms with van der Waals surface area (Å²) in [7, 11) is 0. The predicted octanol–water partition coefficient (Wildman–Crippen LogP) is 3.15. The highest BCUT2D eigenvalue weighted by Gasteiger charge is 2.25. The van der Waals surface area contributed by atoms with Gasteiger partial charge in [-0.15, -0.1) is 0 Å². The average Bonchev–Trinajstić information content (AvgIpc) is 3.02. The van der Waals surface area contributed by atoms with E-state index in [0.29, 0.717) is 0 Å². The molecule has 1 saturated heterocycles. The normalized spacial score (nSPS) is 21.4. The monoisotopic (exact) mass is 326 g/mol. The molecule has 0 amide bonds. The topological polar surface area (TPSA) is 42.7 Å². The summed E-state index contributed by atoms with van der Waals surface area (Å²) in [6.45, 7) is 5.74. The van der Waals surface area contributed by atoms with Gasteiger partial charge >= 0.3 is 0 Å². The lowest BCUT2D eigenvalue weighted by Gasteiger charge is -2.36. The molecule has 1 fully saturated rings. The lowest BCUT2D eigenvalue weighted by Crippen LogP contribution is -2.46. The van der Waals surface area contributed by atoms with Gasteiger partial charge < -0.3 is 9.64 Å². The van der Waals surface area contributed by atoms with Crippen LogP contribution in [0.1, 0.15) is 13.8 Å². The van der Waals surface area contributed by atoms with Crippen molar-refractivity contribution in [3.8, 4) is 11.3 Å². The maximum Gasteiger partial charge on any atom is 0.157 e. The van der Waals surface area contributed by atoms with E-state index >= 15 is 0 Å². The number of fused-ring (bicyclic) bond motifs is 1. The van der Waals surface area contributed by atoms with Gasteiger partial charge in [-0.2, -0.15) is 9.61 Å². The molecule has 0 N–H and O–H groups in total. The van der Waals surface area contributed by atoms with E-state index in [4.69, 9.17) is 4.74 Å². The minimum absolute atomic E-state index is 0.154. The number of ether oxygens (including phenoxy) is 1. The molecule has 1 aliphatic rings. The van der Waals surface area contributed by atoms with Gasteiger partial charge in [0.25, 0.3) is 0 Å². The first-order valence-corrected chi connectivity index (χ1v) is 8.11. The molecular formula is C18H19FN4O. The smallest absolute Gasteiger partial charge is 0.157 e. The van der Waals surface area contributed by atoms with Gasteiger partial charge in [0.05, 0.1) is 24.1 Å². The van der Waals surface area contributed by atoms with Gasteiger partial charge in [-0.25, -0.2) is 9.37 Å². The van der Waals surface area contributed by atoms with Crippen LogP contribution < -0.4 is 4.90 Å². The van der Waals surface area contributed by atoms with Crippen LogP contribution in [0.3, 0.4) is 0 Å². The van der Waals surface area contributed by atoms with Crippen molar-refractivity contribution in [2.75, 3.05) is 18.0 Å². The van der Waals surface area contributed by atoms with E-state index in [9.17, 15) is 4.39 Å². The van der Waals surface area contributed by atoms with Gasteiger partial charge in [0.1, 0.15) is 11.6 Å². The molecule has 0 radical (unpaired) electrons. The molecule has 2 aromatic heterocycles. The molecule has 4 rings (SSSR count). The fraction of sp³-hybridized carbons (Fsp3) is 0.333. The second kappa shape index (κ2) is 5.87. The highest BCUT2D eigenvalue weighted by atomic mass is 19.1. The summed E-state index contributed by atoms with van der Waals surface area (Å²) in [6.07, 6.45) is 2.05. The summed E-state index contributed by atoms with van der Waals surface area (Å²) in [4.78, 5) is 6.92. The number of morpholine rings is 1. The van der Waals surface area contributed by atoms with Gasteiger partial charge in [-0.05, 0) is 38.1 Å². The predicted molar refractivity (Wildman–Crippen MR) is 90.6 cm³/mol. The molecule has 1 aromatic carbocycles. The molecule has 24 heavy (non-hydrogen) atoms. The third-order valence-electron chi connectivity index (χ3n) is 4.22. The summed E-state index contributed by atoms with van der Waals surface area (Å²) in [6, 6.07) is 10.3. The van der Waals surface area contributed by atoms with Crippen LogP contribution in [-0.4, -0.2) is 39.9 Å². The van der Waals surface area contributed by atoms with E-state index in [-0.39, 0.29) is 18.0 Å². The minimum Gasteiger partial charge on any atom is -0.372 e. The zero-order valence-electron chi connectivity index (χ0n) is 13.7. The van der Waals surface area contributed by atoms with Gasteiger partial charge in [-0.1, -0.05) is 0 Å². The number of rotatable bonds is 2. The molecule has 3 aromatic rings. The van der Waals surface area contributed by atoms with Crippen molar-refractivity contribution in [2.24, 2.45) is 0 Å². The number of anilines is 1. The van der Waals surface area contributed by atoms with Crippen molar-refractivity contribution in [1.29, 1.82) is 0 Å². The van der Waals surface area contributed by atoms with Gasteiger partial charge in [-0.3, -0.25) is 0 Å². The van der Waals surface area contributed by atoms with Crippen LogP contribution in [0.4, 0.5) is 10.2 Å². The summed E-state index contributed by atoms with van der Waals surface area (Å²) < 4.78 is 20.9. The summed E-state index contributed by atoms with van der Waals surface area (Å²) in [5.41, 5.74) is 2.47. The van der Waals surface area contributed by atoms with Crippen LogP contribution in [-0.2, 0) is 4.74 Å². The Balaban J connectivity index is 1.82. The minimum atomic E-state index is -0.250. The Bertz CT molecular complexity index is 851. The Morgan fingerprint density at radius 3 is 2.50 bits per heavy atom. The molecule has 6 heteroatoms.